The van der Waals surface area contributed by atoms with E-state index in [1.165, 1.54) is 6.92 Å². The van der Waals surface area contributed by atoms with Crippen molar-refractivity contribution in [1.29, 1.82) is 0 Å². The van der Waals surface area contributed by atoms with Crippen molar-refractivity contribution in [2.75, 3.05) is 18.4 Å². The van der Waals surface area contributed by atoms with Gasteiger partial charge in [-0.25, -0.2) is 4.98 Å². The topological polar surface area (TPSA) is 71.5 Å². The molecule has 27 heavy (non-hydrogen) atoms. The zero-order valence-corrected chi connectivity index (χ0v) is 16.0. The Balaban J connectivity index is 1.75. The average molecular weight is 367 g/mol. The van der Waals surface area contributed by atoms with Gasteiger partial charge in [-0.2, -0.15) is 0 Å². The fourth-order valence-electron chi connectivity index (χ4n) is 3.22. The van der Waals surface area contributed by atoms with Crippen LogP contribution >= 0.6 is 0 Å². The second-order valence-corrected chi connectivity index (χ2v) is 6.95. The van der Waals surface area contributed by atoms with E-state index >= 15 is 0 Å². The van der Waals surface area contributed by atoms with E-state index in [0.717, 1.165) is 24.0 Å². The van der Waals surface area contributed by atoms with Crippen molar-refractivity contribution in [2.24, 2.45) is 5.92 Å². The van der Waals surface area contributed by atoms with Gasteiger partial charge in [-0.05, 0) is 56.0 Å². The maximum absolute atomic E-state index is 12.7. The molecule has 1 unspecified atom stereocenters. The van der Waals surface area contributed by atoms with E-state index in [4.69, 9.17) is 4.74 Å². The van der Waals surface area contributed by atoms with Crippen LogP contribution in [0.25, 0.3) is 0 Å². The number of rotatable bonds is 4. The van der Waals surface area contributed by atoms with Crippen LogP contribution in [0.3, 0.4) is 0 Å². The molecule has 2 heterocycles. The Morgan fingerprint density at radius 3 is 2.81 bits per heavy atom. The van der Waals surface area contributed by atoms with E-state index in [0.29, 0.717) is 30.4 Å². The molecule has 1 aliphatic rings. The van der Waals surface area contributed by atoms with Crippen molar-refractivity contribution in [3.05, 3.63) is 47.7 Å². The van der Waals surface area contributed by atoms with Gasteiger partial charge in [-0.3, -0.25) is 9.59 Å². The first-order chi connectivity index (χ1) is 13.0. The summed E-state index contributed by atoms with van der Waals surface area (Å²) in [6, 6.07) is 9.37. The molecular weight excluding hydrogens is 342 g/mol. The zero-order chi connectivity index (χ0) is 19.4. The molecule has 0 aliphatic carbocycles. The van der Waals surface area contributed by atoms with Gasteiger partial charge < -0.3 is 15.0 Å². The lowest BCUT2D eigenvalue weighted by molar-refractivity contribution is -0.132. The number of amides is 2. The predicted molar refractivity (Wildman–Crippen MR) is 104 cm³/mol. The minimum Gasteiger partial charge on any atom is -0.437 e. The molecule has 1 saturated heterocycles. The molecule has 3 rings (SSSR count). The van der Waals surface area contributed by atoms with Crippen LogP contribution in [-0.4, -0.2) is 34.8 Å². The third-order valence-corrected chi connectivity index (χ3v) is 5.03. The molecule has 2 amide bonds. The lowest BCUT2D eigenvalue weighted by Crippen LogP contribution is -2.42. The van der Waals surface area contributed by atoms with E-state index in [2.05, 4.69) is 10.3 Å². The van der Waals surface area contributed by atoms with E-state index in [-0.39, 0.29) is 17.7 Å². The van der Waals surface area contributed by atoms with Gasteiger partial charge in [0.15, 0.2) is 0 Å². The largest absolute Gasteiger partial charge is 0.437 e. The van der Waals surface area contributed by atoms with Crippen LogP contribution < -0.4 is 10.1 Å². The van der Waals surface area contributed by atoms with Crippen LogP contribution in [0.1, 0.15) is 30.9 Å². The second kappa shape index (κ2) is 8.20. The predicted octanol–water partition coefficient (Wildman–Crippen LogP) is 3.69. The normalized spacial score (nSPS) is 16.7. The fourth-order valence-corrected chi connectivity index (χ4v) is 3.22. The molecule has 1 atom stereocenters. The number of pyridine rings is 1. The van der Waals surface area contributed by atoms with E-state index in [1.807, 2.05) is 32.0 Å². The van der Waals surface area contributed by atoms with Crippen molar-refractivity contribution < 1.29 is 14.3 Å². The Bertz CT molecular complexity index is 850. The standard InChI is InChI=1S/C21H25N3O3/c1-14-7-4-10-19(15(14)2)27-21-18(9-5-11-22-21)23-20(26)17-8-6-12-24(13-17)16(3)25/h4-5,7,9-11,17H,6,8,12-13H2,1-3H3,(H,23,26). The van der Waals surface area contributed by atoms with E-state index in [1.54, 1.807) is 23.2 Å². The number of nitrogens with one attached hydrogen (secondary N) is 1. The molecule has 1 N–H and O–H groups in total. The summed E-state index contributed by atoms with van der Waals surface area (Å²) < 4.78 is 5.98. The Labute approximate surface area is 159 Å². The quantitative estimate of drug-likeness (QED) is 0.895. The molecule has 1 fully saturated rings. The summed E-state index contributed by atoms with van der Waals surface area (Å²) in [4.78, 5) is 30.3. The maximum atomic E-state index is 12.7. The highest BCUT2D eigenvalue weighted by Gasteiger charge is 2.27. The van der Waals surface area contributed by atoms with Gasteiger partial charge in [-0.15, -0.1) is 0 Å². The van der Waals surface area contributed by atoms with Crippen LogP contribution in [0.4, 0.5) is 5.69 Å². The molecule has 2 aromatic rings. The molecule has 0 radical (unpaired) electrons. The number of benzene rings is 1. The lowest BCUT2D eigenvalue weighted by Gasteiger charge is -2.31. The average Bonchev–Trinajstić information content (AvgIpc) is 2.67. The first-order valence-electron chi connectivity index (χ1n) is 9.21. The minimum absolute atomic E-state index is 0.00724. The van der Waals surface area contributed by atoms with Crippen molar-refractivity contribution in [2.45, 2.75) is 33.6 Å². The van der Waals surface area contributed by atoms with Gasteiger partial charge in [0.05, 0.1) is 5.92 Å². The van der Waals surface area contributed by atoms with Crippen LogP contribution in [-0.2, 0) is 9.59 Å². The molecule has 1 aromatic carbocycles. The molecule has 0 saturated carbocycles. The monoisotopic (exact) mass is 367 g/mol. The molecule has 6 nitrogen and oxygen atoms in total. The Morgan fingerprint density at radius 1 is 1.22 bits per heavy atom. The van der Waals surface area contributed by atoms with Crippen LogP contribution in [0.2, 0.25) is 0 Å². The van der Waals surface area contributed by atoms with Gasteiger partial charge in [-0.1, -0.05) is 12.1 Å². The van der Waals surface area contributed by atoms with Crippen LogP contribution in [0.15, 0.2) is 36.5 Å². The highest BCUT2D eigenvalue weighted by molar-refractivity contribution is 5.94. The number of carbonyl (C=O) groups is 2. The molecule has 6 heteroatoms. The van der Waals surface area contributed by atoms with Crippen molar-refractivity contribution in [3.8, 4) is 11.6 Å². The third kappa shape index (κ3) is 4.45. The molecule has 1 aliphatic heterocycles. The summed E-state index contributed by atoms with van der Waals surface area (Å²) in [7, 11) is 0. The van der Waals surface area contributed by atoms with Crippen molar-refractivity contribution >= 4 is 17.5 Å². The van der Waals surface area contributed by atoms with Crippen molar-refractivity contribution in [1.82, 2.24) is 9.88 Å². The second-order valence-electron chi connectivity index (χ2n) is 6.95. The van der Waals surface area contributed by atoms with Crippen LogP contribution in [0.5, 0.6) is 11.6 Å². The number of hydrogen-bond donors (Lipinski definition) is 1. The number of anilines is 1. The Morgan fingerprint density at radius 2 is 2.04 bits per heavy atom. The molecular formula is C21H25N3O3. The molecule has 1 aromatic heterocycles. The first kappa shape index (κ1) is 18.9. The van der Waals surface area contributed by atoms with Gasteiger partial charge in [0, 0.05) is 26.2 Å². The summed E-state index contributed by atoms with van der Waals surface area (Å²) in [5, 5.41) is 2.93. The summed E-state index contributed by atoms with van der Waals surface area (Å²) >= 11 is 0. The third-order valence-electron chi connectivity index (χ3n) is 5.03. The zero-order valence-electron chi connectivity index (χ0n) is 16.0. The fraction of sp³-hybridized carbons (Fsp3) is 0.381. The van der Waals surface area contributed by atoms with Gasteiger partial charge in [0.1, 0.15) is 11.4 Å². The SMILES string of the molecule is CC(=O)N1CCCC(C(=O)Nc2cccnc2Oc2cccc(C)c2C)C1. The minimum atomic E-state index is -0.226. The highest BCUT2D eigenvalue weighted by Crippen LogP contribution is 2.31. The van der Waals surface area contributed by atoms with Crippen molar-refractivity contribution in [3.63, 3.8) is 0 Å². The van der Waals surface area contributed by atoms with E-state index < -0.39 is 0 Å². The Kier molecular flexibility index (Phi) is 5.74. The summed E-state index contributed by atoms with van der Waals surface area (Å²) in [5.74, 6) is 0.743. The molecule has 0 bridgehead atoms. The number of ether oxygens (including phenoxy) is 1. The lowest BCUT2D eigenvalue weighted by atomic mass is 9.97. The van der Waals surface area contributed by atoms with Gasteiger partial charge >= 0.3 is 0 Å². The number of piperidine rings is 1. The molecule has 0 spiro atoms. The molecule has 142 valence electrons. The maximum Gasteiger partial charge on any atom is 0.243 e. The summed E-state index contributed by atoms with van der Waals surface area (Å²) in [6.07, 6.45) is 3.23. The Hall–Kier alpha value is -2.89. The number of likely N-dealkylation sites (tertiary alicyclic amines) is 1. The number of aryl methyl sites for hydroxylation is 1. The summed E-state index contributed by atoms with van der Waals surface area (Å²) in [6.45, 7) is 6.72. The van der Waals surface area contributed by atoms with E-state index in [9.17, 15) is 9.59 Å². The van der Waals surface area contributed by atoms with Gasteiger partial charge in [0.25, 0.3) is 0 Å². The highest BCUT2D eigenvalue weighted by atomic mass is 16.5. The number of carbonyl (C=O) groups excluding carboxylic acids is 2. The number of aromatic nitrogens is 1. The summed E-state index contributed by atoms with van der Waals surface area (Å²) in [5.41, 5.74) is 2.69. The van der Waals surface area contributed by atoms with Gasteiger partial charge in [0.2, 0.25) is 17.7 Å². The smallest absolute Gasteiger partial charge is 0.243 e. The number of nitrogens with zero attached hydrogens (tertiary/aromatic N) is 2. The van der Waals surface area contributed by atoms with Crippen LogP contribution in [0, 0.1) is 19.8 Å². The number of hydrogen-bond acceptors (Lipinski definition) is 4. The first-order valence-corrected chi connectivity index (χ1v) is 9.21.